The van der Waals surface area contributed by atoms with Crippen LogP contribution in [0.2, 0.25) is 0 Å². The highest BCUT2D eigenvalue weighted by molar-refractivity contribution is 5.93. The van der Waals surface area contributed by atoms with E-state index in [-0.39, 0.29) is 23.4 Å². The molecule has 2 saturated heterocycles. The summed E-state index contributed by atoms with van der Waals surface area (Å²) in [7, 11) is 0. The summed E-state index contributed by atoms with van der Waals surface area (Å²) in [5.41, 5.74) is -3.73. The van der Waals surface area contributed by atoms with Crippen molar-refractivity contribution in [3.63, 3.8) is 0 Å². The Morgan fingerprint density at radius 1 is 1.23 bits per heavy atom. The number of nitrogens with one attached hydrogen (secondary N) is 1. The Labute approximate surface area is 149 Å². The number of rotatable bonds is 2. The summed E-state index contributed by atoms with van der Waals surface area (Å²) in [5.74, 6) is -1.59. The predicted molar refractivity (Wildman–Crippen MR) is 85.0 cm³/mol. The van der Waals surface area contributed by atoms with Gasteiger partial charge in [0.05, 0.1) is 5.54 Å². The monoisotopic (exact) mass is 375 g/mol. The Bertz CT molecular complexity index is 632. The van der Waals surface area contributed by atoms with Crippen molar-refractivity contribution < 1.29 is 27.9 Å². The number of alkyl halides is 3. The van der Waals surface area contributed by atoms with Gasteiger partial charge in [-0.3, -0.25) is 9.59 Å². The molecule has 4 rings (SSSR count). The molecule has 2 saturated carbocycles. The number of hydrogen-bond acceptors (Lipinski definition) is 4. The number of aliphatic hydroxyl groups is 1. The van der Waals surface area contributed by atoms with Gasteiger partial charge in [0, 0.05) is 25.7 Å². The van der Waals surface area contributed by atoms with Crippen molar-refractivity contribution in [1.82, 2.24) is 15.1 Å². The van der Waals surface area contributed by atoms with Crippen molar-refractivity contribution in [2.24, 2.45) is 5.92 Å². The first kappa shape index (κ1) is 18.0. The van der Waals surface area contributed by atoms with E-state index in [4.69, 9.17) is 0 Å². The first-order valence-electron chi connectivity index (χ1n) is 9.23. The normalized spacial score (nSPS) is 34.9. The number of halogens is 3. The van der Waals surface area contributed by atoms with Crippen LogP contribution in [-0.4, -0.2) is 75.8 Å². The molecular formula is C17H24F3N3O3. The fourth-order valence-corrected chi connectivity index (χ4v) is 4.74. The van der Waals surface area contributed by atoms with Gasteiger partial charge < -0.3 is 20.2 Å². The minimum Gasteiger partial charge on any atom is -0.373 e. The van der Waals surface area contributed by atoms with Crippen molar-refractivity contribution in [2.75, 3.05) is 19.6 Å². The van der Waals surface area contributed by atoms with Crippen molar-refractivity contribution >= 4 is 11.8 Å². The molecule has 4 fully saturated rings. The molecule has 146 valence electrons. The Kier molecular flexibility index (Phi) is 3.87. The number of piperazine rings is 1. The SMILES string of the molecule is CC(O)(C(=O)N1[C@@H](C(=O)N2CCNCC23CCC3)C[C@H]2C[C@H]21)C(F)(F)F. The van der Waals surface area contributed by atoms with Crippen LogP contribution < -0.4 is 5.32 Å². The average molecular weight is 375 g/mol. The maximum Gasteiger partial charge on any atom is 0.426 e. The maximum absolute atomic E-state index is 13.2. The van der Waals surface area contributed by atoms with Gasteiger partial charge in [-0.2, -0.15) is 13.2 Å². The Hall–Kier alpha value is -1.35. The number of likely N-dealkylation sites (tertiary alicyclic amines) is 1. The van der Waals surface area contributed by atoms with Gasteiger partial charge in [-0.1, -0.05) is 0 Å². The number of carbonyl (C=O) groups is 2. The molecule has 2 N–H and O–H groups in total. The summed E-state index contributed by atoms with van der Waals surface area (Å²) in [6, 6.07) is -1.25. The number of piperidine rings is 1. The van der Waals surface area contributed by atoms with E-state index < -0.39 is 23.7 Å². The maximum atomic E-state index is 13.2. The molecule has 0 aromatic heterocycles. The second-order valence-electron chi connectivity index (χ2n) is 8.34. The highest BCUT2D eigenvalue weighted by Gasteiger charge is 2.65. The van der Waals surface area contributed by atoms with Crippen LogP contribution in [0.1, 0.15) is 39.0 Å². The third-order valence-electron chi connectivity index (χ3n) is 6.68. The lowest BCUT2D eigenvalue weighted by molar-refractivity contribution is -0.251. The summed E-state index contributed by atoms with van der Waals surface area (Å²) in [4.78, 5) is 28.6. The smallest absolute Gasteiger partial charge is 0.373 e. The molecule has 9 heteroatoms. The van der Waals surface area contributed by atoms with Crippen LogP contribution in [-0.2, 0) is 9.59 Å². The van der Waals surface area contributed by atoms with E-state index in [9.17, 15) is 27.9 Å². The van der Waals surface area contributed by atoms with E-state index in [0.29, 0.717) is 39.4 Å². The molecule has 4 aliphatic rings. The van der Waals surface area contributed by atoms with Crippen LogP contribution >= 0.6 is 0 Å². The lowest BCUT2D eigenvalue weighted by atomic mass is 9.74. The van der Waals surface area contributed by atoms with E-state index in [0.717, 1.165) is 24.2 Å². The number of fused-ring (bicyclic) bond motifs is 1. The van der Waals surface area contributed by atoms with Crippen molar-refractivity contribution in [2.45, 2.75) is 68.4 Å². The van der Waals surface area contributed by atoms with Gasteiger partial charge in [0.15, 0.2) is 0 Å². The zero-order valence-corrected chi connectivity index (χ0v) is 14.7. The molecule has 2 aliphatic carbocycles. The van der Waals surface area contributed by atoms with Gasteiger partial charge in [0.2, 0.25) is 11.5 Å². The fourth-order valence-electron chi connectivity index (χ4n) is 4.74. The van der Waals surface area contributed by atoms with Crippen LogP contribution in [0.3, 0.4) is 0 Å². The Morgan fingerprint density at radius 2 is 1.92 bits per heavy atom. The number of amides is 2. The molecule has 2 heterocycles. The van der Waals surface area contributed by atoms with Crippen molar-refractivity contribution in [1.29, 1.82) is 0 Å². The number of carbonyl (C=O) groups excluding carboxylic acids is 2. The highest BCUT2D eigenvalue weighted by atomic mass is 19.4. The Morgan fingerprint density at radius 3 is 2.50 bits per heavy atom. The molecule has 26 heavy (non-hydrogen) atoms. The third kappa shape index (κ3) is 2.46. The van der Waals surface area contributed by atoms with Gasteiger partial charge in [-0.15, -0.1) is 0 Å². The van der Waals surface area contributed by atoms with E-state index in [1.54, 1.807) is 4.90 Å². The average Bonchev–Trinajstić information content (AvgIpc) is 3.21. The van der Waals surface area contributed by atoms with Gasteiger partial charge in [-0.05, 0) is 44.9 Å². The predicted octanol–water partition coefficient (Wildman–Crippen LogP) is 0.644. The molecule has 0 radical (unpaired) electrons. The summed E-state index contributed by atoms with van der Waals surface area (Å²) in [5, 5.41) is 13.1. The molecule has 1 unspecified atom stereocenters. The van der Waals surface area contributed by atoms with Gasteiger partial charge in [0.25, 0.3) is 5.91 Å². The van der Waals surface area contributed by atoms with Gasteiger partial charge >= 0.3 is 6.18 Å². The van der Waals surface area contributed by atoms with E-state index >= 15 is 0 Å². The number of hydrogen-bond donors (Lipinski definition) is 2. The number of nitrogens with zero attached hydrogens (tertiary/aromatic N) is 2. The summed E-state index contributed by atoms with van der Waals surface area (Å²) >= 11 is 0. The highest BCUT2D eigenvalue weighted by Crippen LogP contribution is 2.51. The summed E-state index contributed by atoms with van der Waals surface area (Å²) < 4.78 is 39.4. The fraction of sp³-hybridized carbons (Fsp3) is 0.882. The minimum absolute atomic E-state index is 0.0668. The van der Waals surface area contributed by atoms with Crippen LogP contribution in [0, 0.1) is 5.92 Å². The molecule has 0 bridgehead atoms. The standard InChI is InChI=1S/C17H24F3N3O3/c1-15(26,17(18,19)20)14(25)23-11-7-10(11)8-12(23)13(24)22-6-5-21-9-16(22)3-2-4-16/h10-12,21,26H,2-9H2,1H3/t10-,11-,12-,15?/m1/s1. The van der Waals surface area contributed by atoms with Crippen LogP contribution in [0.15, 0.2) is 0 Å². The molecule has 1 spiro atoms. The van der Waals surface area contributed by atoms with Crippen molar-refractivity contribution in [3.05, 3.63) is 0 Å². The largest absolute Gasteiger partial charge is 0.426 e. The van der Waals surface area contributed by atoms with Crippen molar-refractivity contribution in [3.8, 4) is 0 Å². The molecule has 0 aromatic carbocycles. The first-order chi connectivity index (χ1) is 12.1. The summed E-state index contributed by atoms with van der Waals surface area (Å²) in [6.45, 7) is 2.31. The molecule has 2 amide bonds. The zero-order chi connectivity index (χ0) is 18.9. The topological polar surface area (TPSA) is 72.9 Å². The van der Waals surface area contributed by atoms with Gasteiger partial charge in [-0.25, -0.2) is 0 Å². The lowest BCUT2D eigenvalue weighted by Gasteiger charge is -2.54. The van der Waals surface area contributed by atoms with E-state index in [1.807, 2.05) is 0 Å². The second kappa shape index (κ2) is 5.58. The van der Waals surface area contributed by atoms with Crippen LogP contribution in [0.4, 0.5) is 13.2 Å². The molecular weight excluding hydrogens is 351 g/mol. The zero-order valence-electron chi connectivity index (χ0n) is 14.7. The quantitative estimate of drug-likeness (QED) is 0.743. The first-order valence-corrected chi connectivity index (χ1v) is 9.23. The molecule has 2 aliphatic heterocycles. The van der Waals surface area contributed by atoms with E-state index in [2.05, 4.69) is 5.32 Å². The van der Waals surface area contributed by atoms with E-state index in [1.165, 1.54) is 0 Å². The van der Waals surface area contributed by atoms with Gasteiger partial charge in [0.1, 0.15) is 6.04 Å². The lowest BCUT2D eigenvalue weighted by Crippen LogP contribution is -2.69. The molecule has 6 nitrogen and oxygen atoms in total. The van der Waals surface area contributed by atoms with Crippen LogP contribution in [0.5, 0.6) is 0 Å². The third-order valence-corrected chi connectivity index (χ3v) is 6.68. The summed E-state index contributed by atoms with van der Waals surface area (Å²) in [6.07, 6.45) is -1.31. The Balaban J connectivity index is 1.58. The molecule has 4 atom stereocenters. The minimum atomic E-state index is -5.07. The molecule has 0 aromatic rings. The second-order valence-corrected chi connectivity index (χ2v) is 8.34. The van der Waals surface area contributed by atoms with Crippen LogP contribution in [0.25, 0.3) is 0 Å².